The zero-order valence-electron chi connectivity index (χ0n) is 13.2. The molecule has 3 aromatic rings. The Morgan fingerprint density at radius 2 is 2.04 bits per heavy atom. The minimum Gasteiger partial charge on any atom is -0.484 e. The zero-order chi connectivity index (χ0) is 17.6. The van der Waals surface area contributed by atoms with Crippen LogP contribution in [0.15, 0.2) is 57.8 Å². The third kappa shape index (κ3) is 4.57. The predicted octanol–water partition coefficient (Wildman–Crippen LogP) is 3.62. The van der Waals surface area contributed by atoms with Crippen LogP contribution in [-0.4, -0.2) is 29.0 Å². The summed E-state index contributed by atoms with van der Waals surface area (Å²) in [4.78, 5) is 12.9. The summed E-state index contributed by atoms with van der Waals surface area (Å²) < 4.78 is 23.5. The number of halogens is 1. The molecule has 0 radical (unpaired) electrons. The van der Waals surface area contributed by atoms with Gasteiger partial charge < -0.3 is 9.15 Å². The monoisotopic (exact) mass is 359 g/mol. The first-order valence-corrected chi connectivity index (χ1v) is 8.52. The molecule has 0 atom stereocenters. The highest BCUT2D eigenvalue weighted by molar-refractivity contribution is 7.98. The fourth-order valence-electron chi connectivity index (χ4n) is 1.98. The number of rotatable bonds is 6. The summed E-state index contributed by atoms with van der Waals surface area (Å²) in [6.45, 7) is -0.259. The Morgan fingerprint density at radius 1 is 1.24 bits per heavy atom. The highest BCUT2D eigenvalue weighted by atomic mass is 32.2. The number of amides is 1. The van der Waals surface area contributed by atoms with Crippen LogP contribution in [0.25, 0.3) is 11.5 Å². The van der Waals surface area contributed by atoms with E-state index in [1.165, 1.54) is 24.3 Å². The Morgan fingerprint density at radius 3 is 2.80 bits per heavy atom. The fourth-order valence-corrected chi connectivity index (χ4v) is 2.44. The number of anilines is 1. The Labute approximate surface area is 147 Å². The smallest absolute Gasteiger partial charge is 0.322 e. The van der Waals surface area contributed by atoms with E-state index in [9.17, 15) is 9.18 Å². The molecule has 1 aromatic heterocycles. The van der Waals surface area contributed by atoms with Crippen molar-refractivity contribution >= 4 is 23.7 Å². The van der Waals surface area contributed by atoms with Gasteiger partial charge in [0.1, 0.15) is 11.6 Å². The molecule has 6 nitrogen and oxygen atoms in total. The van der Waals surface area contributed by atoms with Gasteiger partial charge in [-0.2, -0.15) is 0 Å². The first-order chi connectivity index (χ1) is 12.1. The first-order valence-electron chi connectivity index (χ1n) is 7.30. The van der Waals surface area contributed by atoms with Crippen LogP contribution in [-0.2, 0) is 4.79 Å². The number of nitrogens with zero attached hydrogens (tertiary/aromatic N) is 2. The van der Waals surface area contributed by atoms with E-state index < -0.39 is 5.91 Å². The Bertz CT molecular complexity index is 868. The van der Waals surface area contributed by atoms with E-state index in [0.29, 0.717) is 11.6 Å². The van der Waals surface area contributed by atoms with Crippen molar-refractivity contribution < 1.29 is 18.3 Å². The van der Waals surface area contributed by atoms with Crippen molar-refractivity contribution in [2.75, 3.05) is 18.2 Å². The van der Waals surface area contributed by atoms with E-state index in [1.54, 1.807) is 11.8 Å². The summed E-state index contributed by atoms with van der Waals surface area (Å²) in [5.74, 6) is -0.138. The molecular formula is C17H14FN3O3S. The van der Waals surface area contributed by atoms with E-state index in [4.69, 9.17) is 9.15 Å². The van der Waals surface area contributed by atoms with Gasteiger partial charge in [0.25, 0.3) is 5.91 Å². The molecule has 0 fully saturated rings. The van der Waals surface area contributed by atoms with Crippen LogP contribution < -0.4 is 10.1 Å². The SMILES string of the molecule is CSc1cccc(-c2nnc(NC(=O)COc3ccc(F)cc3)o2)c1. The highest BCUT2D eigenvalue weighted by Gasteiger charge is 2.12. The summed E-state index contributed by atoms with van der Waals surface area (Å²) in [7, 11) is 0. The van der Waals surface area contributed by atoms with E-state index in [2.05, 4.69) is 15.5 Å². The number of hydrogen-bond acceptors (Lipinski definition) is 6. The lowest BCUT2D eigenvalue weighted by molar-refractivity contribution is -0.118. The molecule has 1 amide bonds. The second-order valence-electron chi connectivity index (χ2n) is 4.94. The number of thioether (sulfide) groups is 1. The normalized spacial score (nSPS) is 10.5. The molecule has 0 aliphatic heterocycles. The molecule has 2 aromatic carbocycles. The molecule has 0 aliphatic carbocycles. The molecule has 1 N–H and O–H groups in total. The van der Waals surface area contributed by atoms with E-state index >= 15 is 0 Å². The number of carbonyl (C=O) groups excluding carboxylic acids is 1. The van der Waals surface area contributed by atoms with Crippen molar-refractivity contribution in [1.29, 1.82) is 0 Å². The second-order valence-corrected chi connectivity index (χ2v) is 5.81. The van der Waals surface area contributed by atoms with Gasteiger partial charge in [0.2, 0.25) is 5.89 Å². The lowest BCUT2D eigenvalue weighted by atomic mass is 10.2. The quantitative estimate of drug-likeness (QED) is 0.678. The number of aromatic nitrogens is 2. The summed E-state index contributed by atoms with van der Waals surface area (Å²) in [5.41, 5.74) is 0.766. The van der Waals surface area contributed by atoms with Crippen molar-refractivity contribution in [1.82, 2.24) is 10.2 Å². The topological polar surface area (TPSA) is 77.2 Å². The largest absolute Gasteiger partial charge is 0.484 e. The van der Waals surface area contributed by atoms with E-state index in [-0.39, 0.29) is 18.4 Å². The minimum absolute atomic E-state index is 0.0164. The maximum Gasteiger partial charge on any atom is 0.322 e. The van der Waals surface area contributed by atoms with Crippen LogP contribution in [0.1, 0.15) is 0 Å². The van der Waals surface area contributed by atoms with Gasteiger partial charge in [-0.3, -0.25) is 10.1 Å². The number of hydrogen-bond donors (Lipinski definition) is 1. The van der Waals surface area contributed by atoms with Gasteiger partial charge in [-0.15, -0.1) is 16.9 Å². The van der Waals surface area contributed by atoms with Crippen molar-refractivity contribution in [3.05, 3.63) is 54.3 Å². The molecule has 0 saturated heterocycles. The number of carbonyl (C=O) groups is 1. The lowest BCUT2D eigenvalue weighted by Gasteiger charge is -2.04. The van der Waals surface area contributed by atoms with Crippen molar-refractivity contribution in [3.63, 3.8) is 0 Å². The average molecular weight is 359 g/mol. The summed E-state index contributed by atoms with van der Waals surface area (Å²) in [5, 5.41) is 10.2. The summed E-state index contributed by atoms with van der Waals surface area (Å²) in [6.07, 6.45) is 1.97. The number of benzene rings is 2. The molecule has 0 saturated carbocycles. The number of nitrogens with one attached hydrogen (secondary N) is 1. The van der Waals surface area contributed by atoms with Gasteiger partial charge in [0.05, 0.1) is 0 Å². The van der Waals surface area contributed by atoms with E-state index in [0.717, 1.165) is 10.5 Å². The minimum atomic E-state index is -0.461. The molecular weight excluding hydrogens is 345 g/mol. The molecule has 0 bridgehead atoms. The number of ether oxygens (including phenoxy) is 1. The molecule has 25 heavy (non-hydrogen) atoms. The van der Waals surface area contributed by atoms with Crippen molar-refractivity contribution in [2.45, 2.75) is 4.90 Å². The average Bonchev–Trinajstić information content (AvgIpc) is 3.10. The van der Waals surface area contributed by atoms with Crippen molar-refractivity contribution in [2.24, 2.45) is 0 Å². The van der Waals surface area contributed by atoms with Gasteiger partial charge in [0, 0.05) is 10.5 Å². The van der Waals surface area contributed by atoms with Crippen LogP contribution in [0, 0.1) is 5.82 Å². The molecule has 0 aliphatic rings. The van der Waals surface area contributed by atoms with Crippen LogP contribution in [0.3, 0.4) is 0 Å². The molecule has 8 heteroatoms. The zero-order valence-corrected chi connectivity index (χ0v) is 14.0. The van der Waals surface area contributed by atoms with Gasteiger partial charge in [-0.05, 0) is 48.7 Å². The molecule has 0 unspecified atom stereocenters. The highest BCUT2D eigenvalue weighted by Crippen LogP contribution is 2.24. The Kier molecular flexibility index (Phi) is 5.30. The molecule has 128 valence electrons. The third-order valence-corrected chi connectivity index (χ3v) is 3.90. The summed E-state index contributed by atoms with van der Waals surface area (Å²) >= 11 is 1.60. The lowest BCUT2D eigenvalue weighted by Crippen LogP contribution is -2.20. The standard InChI is InChI=1S/C17H14FN3O3S/c1-25-14-4-2-3-11(9-14)16-20-21-17(24-16)19-15(22)10-23-13-7-5-12(18)6-8-13/h2-9H,10H2,1H3,(H,19,21,22). The van der Waals surface area contributed by atoms with Crippen molar-refractivity contribution in [3.8, 4) is 17.2 Å². The van der Waals surface area contributed by atoms with Gasteiger partial charge in [-0.1, -0.05) is 11.2 Å². The Hall–Kier alpha value is -2.87. The first kappa shape index (κ1) is 17.0. The molecule has 1 heterocycles. The van der Waals surface area contributed by atoms with Gasteiger partial charge in [-0.25, -0.2) is 4.39 Å². The summed E-state index contributed by atoms with van der Waals surface area (Å²) in [6, 6.07) is 13.0. The second kappa shape index (κ2) is 7.80. The predicted molar refractivity (Wildman–Crippen MR) is 92.0 cm³/mol. The van der Waals surface area contributed by atoms with Crippen LogP contribution >= 0.6 is 11.8 Å². The van der Waals surface area contributed by atoms with Crippen LogP contribution in [0.4, 0.5) is 10.4 Å². The maximum atomic E-state index is 12.8. The fraction of sp³-hybridized carbons (Fsp3) is 0.118. The maximum absolute atomic E-state index is 12.8. The Balaban J connectivity index is 1.58. The van der Waals surface area contributed by atoms with Gasteiger partial charge in [0.15, 0.2) is 6.61 Å². The third-order valence-electron chi connectivity index (χ3n) is 3.17. The van der Waals surface area contributed by atoms with Crippen LogP contribution in [0.5, 0.6) is 5.75 Å². The molecule has 0 spiro atoms. The van der Waals surface area contributed by atoms with Crippen LogP contribution in [0.2, 0.25) is 0 Å². The van der Waals surface area contributed by atoms with E-state index in [1.807, 2.05) is 30.5 Å². The molecule has 3 rings (SSSR count). The van der Waals surface area contributed by atoms with Gasteiger partial charge >= 0.3 is 6.01 Å².